The SMILES string of the molecule is OCCn1cc(C(F)(F)F)nc1C1CCNCC1. The molecule has 0 spiro atoms. The number of aliphatic hydroxyl groups excluding tert-OH is 1. The first kappa shape index (κ1) is 13.4. The molecule has 0 amide bonds. The number of aliphatic hydroxyl groups is 1. The third kappa shape index (κ3) is 2.84. The number of halogens is 3. The smallest absolute Gasteiger partial charge is 0.395 e. The molecule has 1 aliphatic heterocycles. The molecular formula is C11H16F3N3O. The maximum atomic E-state index is 12.6. The largest absolute Gasteiger partial charge is 0.434 e. The Bertz CT molecular complexity index is 397. The average molecular weight is 263 g/mol. The standard InChI is InChI=1S/C11H16F3N3O/c12-11(13,14)9-7-17(5-6-18)10(16-9)8-1-3-15-4-2-8/h7-8,15,18H,1-6H2. The molecule has 4 nitrogen and oxygen atoms in total. The van der Waals surface area contributed by atoms with Crippen molar-refractivity contribution in [2.24, 2.45) is 0 Å². The van der Waals surface area contributed by atoms with Gasteiger partial charge >= 0.3 is 6.18 Å². The van der Waals surface area contributed by atoms with Crippen LogP contribution < -0.4 is 5.32 Å². The highest BCUT2D eigenvalue weighted by atomic mass is 19.4. The fourth-order valence-electron chi connectivity index (χ4n) is 2.26. The first-order valence-corrected chi connectivity index (χ1v) is 5.98. The molecule has 0 unspecified atom stereocenters. The Morgan fingerprint density at radius 3 is 2.61 bits per heavy atom. The summed E-state index contributed by atoms with van der Waals surface area (Å²) in [6.07, 6.45) is -1.88. The predicted octanol–water partition coefficient (Wildman–Crippen LogP) is 1.36. The van der Waals surface area contributed by atoms with Crippen LogP contribution in [-0.4, -0.2) is 34.4 Å². The van der Waals surface area contributed by atoms with E-state index in [0.29, 0.717) is 5.82 Å². The lowest BCUT2D eigenvalue weighted by Gasteiger charge is -2.22. The van der Waals surface area contributed by atoms with E-state index >= 15 is 0 Å². The Labute approximate surface area is 103 Å². The van der Waals surface area contributed by atoms with Crippen molar-refractivity contribution in [2.75, 3.05) is 19.7 Å². The van der Waals surface area contributed by atoms with Crippen molar-refractivity contribution in [3.63, 3.8) is 0 Å². The maximum absolute atomic E-state index is 12.6. The first-order chi connectivity index (χ1) is 8.52. The molecule has 2 N–H and O–H groups in total. The van der Waals surface area contributed by atoms with Crippen molar-refractivity contribution in [3.8, 4) is 0 Å². The van der Waals surface area contributed by atoms with Gasteiger partial charge in [-0.15, -0.1) is 0 Å². The van der Waals surface area contributed by atoms with Crippen molar-refractivity contribution in [1.29, 1.82) is 0 Å². The van der Waals surface area contributed by atoms with E-state index in [2.05, 4.69) is 10.3 Å². The summed E-state index contributed by atoms with van der Waals surface area (Å²) in [4.78, 5) is 3.72. The van der Waals surface area contributed by atoms with Crippen molar-refractivity contribution < 1.29 is 18.3 Å². The molecule has 0 bridgehead atoms. The molecule has 1 saturated heterocycles. The zero-order valence-corrected chi connectivity index (χ0v) is 9.87. The van der Waals surface area contributed by atoms with Crippen molar-refractivity contribution >= 4 is 0 Å². The number of aromatic nitrogens is 2. The summed E-state index contributed by atoms with van der Waals surface area (Å²) in [6, 6.07) is 0. The number of alkyl halides is 3. The van der Waals surface area contributed by atoms with Crippen LogP contribution in [0, 0.1) is 0 Å². The van der Waals surface area contributed by atoms with Crippen LogP contribution in [0.4, 0.5) is 13.2 Å². The van der Waals surface area contributed by atoms with Crippen LogP contribution in [0.1, 0.15) is 30.3 Å². The zero-order chi connectivity index (χ0) is 13.2. The van der Waals surface area contributed by atoms with Gasteiger partial charge in [0.2, 0.25) is 0 Å². The van der Waals surface area contributed by atoms with Crippen LogP contribution in [-0.2, 0) is 12.7 Å². The fraction of sp³-hybridized carbons (Fsp3) is 0.727. The summed E-state index contributed by atoms with van der Waals surface area (Å²) < 4.78 is 39.3. The molecule has 1 aromatic rings. The molecule has 0 saturated carbocycles. The second kappa shape index (κ2) is 5.27. The Balaban J connectivity index is 2.28. The van der Waals surface area contributed by atoms with Crippen LogP contribution in [0.15, 0.2) is 6.20 Å². The fourth-order valence-corrected chi connectivity index (χ4v) is 2.26. The summed E-state index contributed by atoms with van der Waals surface area (Å²) in [7, 11) is 0. The Hall–Kier alpha value is -1.08. The normalized spacial score (nSPS) is 18.2. The second-order valence-electron chi connectivity index (χ2n) is 4.42. The minimum absolute atomic E-state index is 0.0360. The number of piperidine rings is 1. The van der Waals surface area contributed by atoms with Crippen molar-refractivity contribution in [1.82, 2.24) is 14.9 Å². The van der Waals surface area contributed by atoms with Gasteiger partial charge in [-0.25, -0.2) is 4.98 Å². The van der Waals surface area contributed by atoms with Crippen molar-refractivity contribution in [3.05, 3.63) is 17.7 Å². The molecule has 102 valence electrons. The predicted molar refractivity (Wildman–Crippen MR) is 59.2 cm³/mol. The molecule has 0 aromatic carbocycles. The lowest BCUT2D eigenvalue weighted by Crippen LogP contribution is -2.28. The molecular weight excluding hydrogens is 247 g/mol. The third-order valence-electron chi connectivity index (χ3n) is 3.14. The molecule has 7 heteroatoms. The topological polar surface area (TPSA) is 50.1 Å². The van der Waals surface area contributed by atoms with Crippen LogP contribution in [0.5, 0.6) is 0 Å². The lowest BCUT2D eigenvalue weighted by molar-refractivity contribution is -0.141. The number of hydrogen-bond acceptors (Lipinski definition) is 3. The van der Waals surface area contributed by atoms with E-state index in [4.69, 9.17) is 5.11 Å². The Kier molecular flexibility index (Phi) is 3.91. The van der Waals surface area contributed by atoms with Gasteiger partial charge in [-0.2, -0.15) is 13.2 Å². The minimum Gasteiger partial charge on any atom is -0.395 e. The van der Waals surface area contributed by atoms with E-state index in [1.165, 1.54) is 4.57 Å². The summed E-state index contributed by atoms with van der Waals surface area (Å²) in [5.74, 6) is 0.478. The van der Waals surface area contributed by atoms with E-state index in [0.717, 1.165) is 32.1 Å². The van der Waals surface area contributed by atoms with Gasteiger partial charge in [-0.05, 0) is 25.9 Å². The van der Waals surface area contributed by atoms with Gasteiger partial charge in [-0.1, -0.05) is 0 Å². The number of rotatable bonds is 3. The number of imidazole rings is 1. The molecule has 18 heavy (non-hydrogen) atoms. The molecule has 2 rings (SSSR count). The number of nitrogens with one attached hydrogen (secondary N) is 1. The summed E-state index contributed by atoms with van der Waals surface area (Å²) in [5, 5.41) is 12.1. The first-order valence-electron chi connectivity index (χ1n) is 5.98. The molecule has 2 heterocycles. The monoisotopic (exact) mass is 263 g/mol. The maximum Gasteiger partial charge on any atom is 0.434 e. The van der Waals surface area contributed by atoms with E-state index in [-0.39, 0.29) is 19.1 Å². The Morgan fingerprint density at radius 1 is 1.39 bits per heavy atom. The number of hydrogen-bond donors (Lipinski definition) is 2. The third-order valence-corrected chi connectivity index (χ3v) is 3.14. The van der Waals surface area contributed by atoms with Gasteiger partial charge in [0.25, 0.3) is 0 Å². The highest BCUT2D eigenvalue weighted by Crippen LogP contribution is 2.32. The van der Waals surface area contributed by atoms with Crippen LogP contribution in [0.25, 0.3) is 0 Å². The van der Waals surface area contributed by atoms with E-state index in [1.807, 2.05) is 0 Å². The highest BCUT2D eigenvalue weighted by Gasteiger charge is 2.35. The van der Waals surface area contributed by atoms with Gasteiger partial charge in [-0.3, -0.25) is 0 Å². The van der Waals surface area contributed by atoms with Crippen LogP contribution in [0.3, 0.4) is 0 Å². The zero-order valence-electron chi connectivity index (χ0n) is 9.87. The van der Waals surface area contributed by atoms with Gasteiger partial charge in [0.15, 0.2) is 5.69 Å². The van der Waals surface area contributed by atoms with Crippen LogP contribution in [0.2, 0.25) is 0 Å². The molecule has 0 radical (unpaired) electrons. The molecule has 1 fully saturated rings. The van der Waals surface area contributed by atoms with E-state index in [1.54, 1.807) is 0 Å². The highest BCUT2D eigenvalue weighted by molar-refractivity contribution is 5.12. The van der Waals surface area contributed by atoms with Crippen molar-refractivity contribution in [2.45, 2.75) is 31.5 Å². The molecule has 1 aliphatic rings. The van der Waals surface area contributed by atoms with E-state index in [9.17, 15) is 13.2 Å². The summed E-state index contributed by atoms with van der Waals surface area (Å²) in [5.41, 5.74) is -0.871. The van der Waals surface area contributed by atoms with E-state index < -0.39 is 11.9 Å². The lowest BCUT2D eigenvalue weighted by atomic mass is 9.97. The van der Waals surface area contributed by atoms with Gasteiger partial charge in [0.1, 0.15) is 5.82 Å². The minimum atomic E-state index is -4.43. The second-order valence-corrected chi connectivity index (χ2v) is 4.42. The number of nitrogens with zero attached hydrogens (tertiary/aromatic N) is 2. The van der Waals surface area contributed by atoms with Gasteiger partial charge < -0.3 is 15.0 Å². The molecule has 0 aliphatic carbocycles. The summed E-state index contributed by atoms with van der Waals surface area (Å²) in [6.45, 7) is 1.55. The van der Waals surface area contributed by atoms with Gasteiger partial charge in [0, 0.05) is 18.7 Å². The average Bonchev–Trinajstić information content (AvgIpc) is 2.75. The molecule has 1 aromatic heterocycles. The molecule has 0 atom stereocenters. The summed E-state index contributed by atoms with van der Waals surface area (Å²) >= 11 is 0. The van der Waals surface area contributed by atoms with Crippen LogP contribution >= 0.6 is 0 Å². The Morgan fingerprint density at radius 2 is 2.06 bits per heavy atom. The van der Waals surface area contributed by atoms with Gasteiger partial charge in [0.05, 0.1) is 6.61 Å². The quantitative estimate of drug-likeness (QED) is 0.865.